The Bertz CT molecular complexity index is 990. The fraction of sp³-hybridized carbons (Fsp3) is 0.269. The molecule has 0 fully saturated rings. The fourth-order valence-electron chi connectivity index (χ4n) is 3.24. The molecule has 0 heterocycles. The molecule has 0 bridgehead atoms. The molecule has 0 atom stereocenters. The van der Waals surface area contributed by atoms with Crippen LogP contribution < -0.4 is 14.8 Å². The van der Waals surface area contributed by atoms with E-state index in [0.29, 0.717) is 28.8 Å². The Morgan fingerprint density at radius 2 is 1.59 bits per heavy atom. The molecule has 1 amide bonds. The van der Waals surface area contributed by atoms with Crippen LogP contribution in [0.1, 0.15) is 13.8 Å². The summed E-state index contributed by atoms with van der Waals surface area (Å²) in [6.45, 7) is 7.52. The van der Waals surface area contributed by atoms with Crippen LogP contribution >= 0.6 is 11.6 Å². The highest BCUT2D eigenvalue weighted by Crippen LogP contribution is 2.28. The molecule has 0 aliphatic rings. The number of benzene rings is 3. The lowest BCUT2D eigenvalue weighted by Gasteiger charge is -2.18. The predicted octanol–water partition coefficient (Wildman–Crippen LogP) is 5.75. The van der Waals surface area contributed by atoms with Gasteiger partial charge in [0.15, 0.2) is 6.61 Å². The highest BCUT2D eigenvalue weighted by atomic mass is 35.5. The van der Waals surface area contributed by atoms with Gasteiger partial charge in [0.2, 0.25) is 0 Å². The topological polar surface area (TPSA) is 50.8 Å². The SMILES string of the molecule is CCN(CC)CCOc1ccc(NC(=O)COc2ccc(-c3ccccc3)cc2)cc1Cl. The summed E-state index contributed by atoms with van der Waals surface area (Å²) in [6.07, 6.45) is 0. The van der Waals surface area contributed by atoms with Crippen LogP contribution in [0.15, 0.2) is 72.8 Å². The van der Waals surface area contributed by atoms with E-state index < -0.39 is 0 Å². The number of carbonyl (C=O) groups is 1. The summed E-state index contributed by atoms with van der Waals surface area (Å²) in [5.74, 6) is 0.977. The van der Waals surface area contributed by atoms with Crippen molar-refractivity contribution in [1.29, 1.82) is 0 Å². The third-order valence-electron chi connectivity index (χ3n) is 5.11. The number of anilines is 1. The maximum Gasteiger partial charge on any atom is 0.262 e. The minimum Gasteiger partial charge on any atom is -0.491 e. The van der Waals surface area contributed by atoms with Crippen LogP contribution in [-0.4, -0.2) is 43.7 Å². The second-order valence-corrected chi connectivity index (χ2v) is 7.65. The van der Waals surface area contributed by atoms with E-state index >= 15 is 0 Å². The molecule has 5 nitrogen and oxygen atoms in total. The molecule has 0 aliphatic heterocycles. The second kappa shape index (κ2) is 12.1. The number of halogens is 1. The van der Waals surface area contributed by atoms with Gasteiger partial charge < -0.3 is 19.7 Å². The van der Waals surface area contributed by atoms with E-state index in [4.69, 9.17) is 21.1 Å². The van der Waals surface area contributed by atoms with Crippen LogP contribution in [0.4, 0.5) is 5.69 Å². The quantitative estimate of drug-likeness (QED) is 0.402. The largest absolute Gasteiger partial charge is 0.491 e. The van der Waals surface area contributed by atoms with Crippen molar-refractivity contribution in [3.05, 3.63) is 77.8 Å². The van der Waals surface area contributed by atoms with Crippen LogP contribution in [-0.2, 0) is 4.79 Å². The maximum absolute atomic E-state index is 12.3. The van der Waals surface area contributed by atoms with Gasteiger partial charge in [-0.05, 0) is 54.5 Å². The molecular weight excluding hydrogens is 424 g/mol. The number of hydrogen-bond acceptors (Lipinski definition) is 4. The van der Waals surface area contributed by atoms with Gasteiger partial charge in [0.25, 0.3) is 5.91 Å². The van der Waals surface area contributed by atoms with Crippen molar-refractivity contribution in [2.45, 2.75) is 13.8 Å². The van der Waals surface area contributed by atoms with Gasteiger partial charge in [-0.25, -0.2) is 0 Å². The second-order valence-electron chi connectivity index (χ2n) is 7.25. The van der Waals surface area contributed by atoms with Crippen molar-refractivity contribution in [1.82, 2.24) is 4.90 Å². The molecule has 0 saturated carbocycles. The summed E-state index contributed by atoms with van der Waals surface area (Å²) in [4.78, 5) is 14.5. The average molecular weight is 453 g/mol. The van der Waals surface area contributed by atoms with Crippen molar-refractivity contribution in [2.24, 2.45) is 0 Å². The van der Waals surface area contributed by atoms with E-state index in [1.807, 2.05) is 42.5 Å². The number of hydrogen-bond donors (Lipinski definition) is 1. The van der Waals surface area contributed by atoms with Gasteiger partial charge in [0, 0.05) is 12.2 Å². The Hall–Kier alpha value is -3.02. The highest BCUT2D eigenvalue weighted by molar-refractivity contribution is 6.32. The summed E-state index contributed by atoms with van der Waals surface area (Å²) < 4.78 is 11.4. The molecule has 0 saturated heterocycles. The van der Waals surface area contributed by atoms with Crippen LogP contribution in [0.2, 0.25) is 5.02 Å². The monoisotopic (exact) mass is 452 g/mol. The first kappa shape index (κ1) is 23.6. The minimum atomic E-state index is -0.261. The molecule has 0 unspecified atom stereocenters. The van der Waals surface area contributed by atoms with Crippen LogP contribution in [0.25, 0.3) is 11.1 Å². The summed E-state index contributed by atoms with van der Waals surface area (Å²) in [6, 6.07) is 23.0. The van der Waals surface area contributed by atoms with E-state index in [-0.39, 0.29) is 12.5 Å². The number of carbonyl (C=O) groups excluding carboxylic acids is 1. The van der Waals surface area contributed by atoms with Gasteiger partial charge in [-0.15, -0.1) is 0 Å². The molecule has 0 aromatic heterocycles. The third kappa shape index (κ3) is 7.01. The Balaban J connectivity index is 1.47. The van der Waals surface area contributed by atoms with Crippen molar-refractivity contribution in [3.63, 3.8) is 0 Å². The zero-order valence-electron chi connectivity index (χ0n) is 18.5. The van der Waals surface area contributed by atoms with Gasteiger partial charge in [0.05, 0.1) is 5.02 Å². The standard InChI is InChI=1S/C26H29ClN2O3/c1-3-29(4-2)16-17-31-25-15-12-22(18-24(25)27)28-26(30)19-32-23-13-10-21(11-14-23)20-8-6-5-7-9-20/h5-15,18H,3-4,16-17,19H2,1-2H3,(H,28,30). The minimum absolute atomic E-state index is 0.0928. The van der Waals surface area contributed by atoms with E-state index in [1.54, 1.807) is 18.2 Å². The van der Waals surface area contributed by atoms with Crippen molar-refractivity contribution < 1.29 is 14.3 Å². The number of ether oxygens (including phenoxy) is 2. The Morgan fingerprint density at radius 1 is 0.906 bits per heavy atom. The highest BCUT2D eigenvalue weighted by Gasteiger charge is 2.08. The van der Waals surface area contributed by atoms with Crippen molar-refractivity contribution in [2.75, 3.05) is 38.2 Å². The van der Waals surface area contributed by atoms with E-state index in [1.165, 1.54) is 0 Å². The molecule has 32 heavy (non-hydrogen) atoms. The summed E-state index contributed by atoms with van der Waals surface area (Å²) in [7, 11) is 0. The summed E-state index contributed by atoms with van der Waals surface area (Å²) in [5.41, 5.74) is 2.82. The molecule has 0 spiro atoms. The Labute approximate surface area is 194 Å². The van der Waals surface area contributed by atoms with E-state index in [9.17, 15) is 4.79 Å². The lowest BCUT2D eigenvalue weighted by atomic mass is 10.1. The molecule has 3 aromatic carbocycles. The van der Waals surface area contributed by atoms with Crippen molar-refractivity contribution >= 4 is 23.2 Å². The Kier molecular flexibility index (Phi) is 8.96. The molecule has 0 aliphatic carbocycles. The zero-order valence-corrected chi connectivity index (χ0v) is 19.3. The van der Waals surface area contributed by atoms with Crippen LogP contribution in [0.3, 0.4) is 0 Å². The fourth-order valence-corrected chi connectivity index (χ4v) is 3.48. The molecule has 6 heteroatoms. The first-order valence-electron chi connectivity index (χ1n) is 10.8. The summed E-state index contributed by atoms with van der Waals surface area (Å²) in [5, 5.41) is 3.26. The smallest absolute Gasteiger partial charge is 0.262 e. The third-order valence-corrected chi connectivity index (χ3v) is 5.40. The number of nitrogens with zero attached hydrogens (tertiary/aromatic N) is 1. The molecular formula is C26H29ClN2O3. The number of likely N-dealkylation sites (N-methyl/N-ethyl adjacent to an activating group) is 1. The molecule has 3 rings (SSSR count). The van der Waals surface area contributed by atoms with E-state index in [0.717, 1.165) is 30.8 Å². The first-order chi connectivity index (χ1) is 15.6. The molecule has 3 aromatic rings. The van der Waals surface area contributed by atoms with Gasteiger partial charge >= 0.3 is 0 Å². The predicted molar refractivity (Wildman–Crippen MR) is 131 cm³/mol. The van der Waals surface area contributed by atoms with Crippen LogP contribution in [0.5, 0.6) is 11.5 Å². The lowest BCUT2D eigenvalue weighted by molar-refractivity contribution is -0.118. The van der Waals surface area contributed by atoms with Crippen molar-refractivity contribution in [3.8, 4) is 22.6 Å². The molecule has 1 N–H and O–H groups in total. The van der Waals surface area contributed by atoms with Gasteiger partial charge in [0.1, 0.15) is 18.1 Å². The molecule has 168 valence electrons. The lowest BCUT2D eigenvalue weighted by Crippen LogP contribution is -2.27. The van der Waals surface area contributed by atoms with E-state index in [2.05, 4.69) is 36.2 Å². The first-order valence-corrected chi connectivity index (χ1v) is 11.2. The number of nitrogens with one attached hydrogen (secondary N) is 1. The van der Waals surface area contributed by atoms with Gasteiger partial charge in [-0.3, -0.25) is 4.79 Å². The van der Waals surface area contributed by atoms with Gasteiger partial charge in [-0.2, -0.15) is 0 Å². The van der Waals surface area contributed by atoms with Crippen LogP contribution in [0, 0.1) is 0 Å². The Morgan fingerprint density at radius 3 is 2.25 bits per heavy atom. The average Bonchev–Trinajstić information content (AvgIpc) is 2.83. The maximum atomic E-state index is 12.3. The zero-order chi connectivity index (χ0) is 22.8. The molecule has 0 radical (unpaired) electrons. The number of rotatable bonds is 11. The van der Waals surface area contributed by atoms with Gasteiger partial charge in [-0.1, -0.05) is 67.9 Å². The normalized spacial score (nSPS) is 10.8. The summed E-state index contributed by atoms with van der Waals surface area (Å²) >= 11 is 6.31. The number of amides is 1.